The predicted molar refractivity (Wildman–Crippen MR) is 70.3 cm³/mol. The first-order valence-electron chi connectivity index (χ1n) is 5.43. The second-order valence-electron chi connectivity index (χ2n) is 3.84. The van der Waals surface area contributed by atoms with Gasteiger partial charge in [0, 0.05) is 17.5 Å². The largest absolute Gasteiger partial charge is 0.323 e. The third-order valence-electron chi connectivity index (χ3n) is 2.33. The van der Waals surface area contributed by atoms with Crippen molar-refractivity contribution in [1.82, 2.24) is 4.98 Å². The minimum Gasteiger partial charge on any atom is -0.323 e. The molecule has 1 amide bonds. The van der Waals surface area contributed by atoms with E-state index in [9.17, 15) is 18.0 Å². The molecule has 0 bridgehead atoms. The molecule has 20 heavy (non-hydrogen) atoms. The summed E-state index contributed by atoms with van der Waals surface area (Å²) in [6, 6.07) is 0.967. The Morgan fingerprint density at radius 3 is 2.60 bits per heavy atom. The van der Waals surface area contributed by atoms with Crippen molar-refractivity contribution in [2.75, 3.05) is 5.32 Å². The highest BCUT2D eigenvalue weighted by molar-refractivity contribution is 7.09. The molecule has 0 unspecified atom stereocenters. The SMILES string of the molecule is O=C(Cc1nc(CCl)cs1)Nc1cc(F)c(F)cc1F. The summed E-state index contributed by atoms with van der Waals surface area (Å²) >= 11 is 6.82. The van der Waals surface area contributed by atoms with Gasteiger partial charge in [0.15, 0.2) is 11.6 Å². The molecule has 1 heterocycles. The van der Waals surface area contributed by atoms with Crippen molar-refractivity contribution in [1.29, 1.82) is 0 Å². The topological polar surface area (TPSA) is 42.0 Å². The van der Waals surface area contributed by atoms with Crippen molar-refractivity contribution in [3.05, 3.63) is 45.7 Å². The van der Waals surface area contributed by atoms with Crippen LogP contribution in [0.3, 0.4) is 0 Å². The third kappa shape index (κ3) is 3.49. The molecule has 1 N–H and O–H groups in total. The van der Waals surface area contributed by atoms with E-state index in [1.54, 1.807) is 5.38 Å². The van der Waals surface area contributed by atoms with E-state index in [1.165, 1.54) is 11.3 Å². The Bertz CT molecular complexity index is 648. The Morgan fingerprint density at radius 1 is 1.25 bits per heavy atom. The summed E-state index contributed by atoms with van der Waals surface area (Å²) in [4.78, 5) is 15.7. The average molecular weight is 321 g/mol. The van der Waals surface area contributed by atoms with Crippen molar-refractivity contribution in [3.8, 4) is 0 Å². The van der Waals surface area contributed by atoms with Gasteiger partial charge >= 0.3 is 0 Å². The quantitative estimate of drug-likeness (QED) is 0.692. The average Bonchev–Trinajstić information content (AvgIpc) is 2.83. The van der Waals surface area contributed by atoms with Crippen molar-refractivity contribution < 1.29 is 18.0 Å². The van der Waals surface area contributed by atoms with E-state index in [4.69, 9.17) is 11.6 Å². The zero-order valence-electron chi connectivity index (χ0n) is 9.92. The highest BCUT2D eigenvalue weighted by Crippen LogP contribution is 2.19. The molecule has 8 heteroatoms. The van der Waals surface area contributed by atoms with Crippen LogP contribution in [0.4, 0.5) is 18.9 Å². The molecular formula is C12H8ClF3N2OS. The van der Waals surface area contributed by atoms with Crippen LogP contribution in [-0.2, 0) is 17.1 Å². The summed E-state index contributed by atoms with van der Waals surface area (Å²) in [7, 11) is 0. The van der Waals surface area contributed by atoms with Crippen molar-refractivity contribution in [3.63, 3.8) is 0 Å². The summed E-state index contributed by atoms with van der Waals surface area (Å²) in [6.07, 6.45) is -0.0972. The van der Waals surface area contributed by atoms with Crippen LogP contribution in [-0.4, -0.2) is 10.9 Å². The standard InChI is InChI=1S/C12H8ClF3N2OS/c13-4-6-5-20-12(17-6)3-11(19)18-10-2-8(15)7(14)1-9(10)16/h1-2,5H,3-4H2,(H,18,19). The lowest BCUT2D eigenvalue weighted by molar-refractivity contribution is -0.115. The molecule has 3 nitrogen and oxygen atoms in total. The van der Waals surface area contributed by atoms with Crippen molar-refractivity contribution in [2.45, 2.75) is 12.3 Å². The second kappa shape index (κ2) is 6.23. The maximum absolute atomic E-state index is 13.3. The Morgan fingerprint density at radius 2 is 1.95 bits per heavy atom. The Balaban J connectivity index is 2.06. The second-order valence-corrected chi connectivity index (χ2v) is 5.05. The van der Waals surface area contributed by atoms with Crippen molar-refractivity contribution in [2.24, 2.45) is 0 Å². The molecule has 0 atom stereocenters. The molecule has 0 aliphatic carbocycles. The zero-order chi connectivity index (χ0) is 14.7. The molecule has 106 valence electrons. The van der Waals surface area contributed by atoms with Gasteiger partial charge in [-0.15, -0.1) is 22.9 Å². The molecular weight excluding hydrogens is 313 g/mol. The van der Waals surface area contributed by atoms with E-state index >= 15 is 0 Å². The fourth-order valence-electron chi connectivity index (χ4n) is 1.44. The first-order valence-corrected chi connectivity index (χ1v) is 6.84. The number of alkyl halides is 1. The summed E-state index contributed by atoms with van der Waals surface area (Å²) in [5.41, 5.74) is 0.224. The number of halogens is 4. The lowest BCUT2D eigenvalue weighted by atomic mass is 10.2. The van der Waals surface area contributed by atoms with Crippen LogP contribution in [0.2, 0.25) is 0 Å². The molecule has 0 saturated carbocycles. The number of benzene rings is 1. The predicted octanol–water partition coefficient (Wildman–Crippen LogP) is 3.48. The van der Waals surface area contributed by atoms with E-state index in [1.807, 2.05) is 0 Å². The minimum atomic E-state index is -1.31. The number of aromatic nitrogens is 1. The monoisotopic (exact) mass is 320 g/mol. The van der Waals surface area contributed by atoms with Gasteiger partial charge in [0.1, 0.15) is 10.8 Å². The molecule has 1 aromatic heterocycles. The van der Waals surface area contributed by atoms with Crippen LogP contribution in [0.25, 0.3) is 0 Å². The van der Waals surface area contributed by atoms with Gasteiger partial charge in [-0.3, -0.25) is 4.79 Å². The summed E-state index contributed by atoms with van der Waals surface area (Å²) in [5, 5.41) is 4.37. The number of hydrogen-bond donors (Lipinski definition) is 1. The Hall–Kier alpha value is -1.60. The first kappa shape index (κ1) is 14.8. The summed E-state index contributed by atoms with van der Waals surface area (Å²) in [6.45, 7) is 0. The van der Waals surface area contributed by atoms with Gasteiger partial charge in [-0.05, 0) is 0 Å². The summed E-state index contributed by atoms with van der Waals surface area (Å²) in [5.74, 6) is -3.94. The molecule has 2 aromatic rings. The third-order valence-corrected chi connectivity index (χ3v) is 3.50. The number of nitrogens with zero attached hydrogens (tertiary/aromatic N) is 1. The smallest absolute Gasteiger partial charge is 0.231 e. The van der Waals surface area contributed by atoms with Crippen LogP contribution in [0, 0.1) is 17.5 Å². The van der Waals surface area contributed by atoms with E-state index < -0.39 is 29.0 Å². The molecule has 0 fully saturated rings. The number of thiazole rings is 1. The van der Waals surface area contributed by atoms with Crippen molar-refractivity contribution >= 4 is 34.5 Å². The van der Waals surface area contributed by atoms with Crippen LogP contribution in [0.15, 0.2) is 17.5 Å². The Kier molecular flexibility index (Phi) is 4.61. The molecule has 0 spiro atoms. The Labute approximate surface area is 121 Å². The van der Waals surface area contributed by atoms with Gasteiger partial charge < -0.3 is 5.32 Å². The fourth-order valence-corrected chi connectivity index (χ4v) is 2.46. The van der Waals surface area contributed by atoms with Gasteiger partial charge in [0.2, 0.25) is 5.91 Å². The van der Waals surface area contributed by atoms with Gasteiger partial charge in [0.25, 0.3) is 0 Å². The molecule has 1 aromatic carbocycles. The number of anilines is 1. The number of carbonyl (C=O) groups excluding carboxylic acids is 1. The highest BCUT2D eigenvalue weighted by atomic mass is 35.5. The number of amides is 1. The lowest BCUT2D eigenvalue weighted by Crippen LogP contribution is -2.15. The number of carbonyl (C=O) groups is 1. The lowest BCUT2D eigenvalue weighted by Gasteiger charge is -2.06. The van der Waals surface area contributed by atoms with Crippen LogP contribution < -0.4 is 5.32 Å². The first-order chi connectivity index (χ1) is 9.49. The van der Waals surface area contributed by atoms with Gasteiger partial charge in [0.05, 0.1) is 23.7 Å². The van der Waals surface area contributed by atoms with E-state index in [2.05, 4.69) is 10.3 Å². The zero-order valence-corrected chi connectivity index (χ0v) is 11.5. The molecule has 0 radical (unpaired) electrons. The van der Waals surface area contributed by atoms with Gasteiger partial charge in [-0.1, -0.05) is 0 Å². The molecule has 0 aliphatic rings. The number of hydrogen-bond acceptors (Lipinski definition) is 3. The summed E-state index contributed by atoms with van der Waals surface area (Å²) < 4.78 is 39.0. The maximum atomic E-state index is 13.3. The minimum absolute atomic E-state index is 0.0972. The van der Waals surface area contributed by atoms with E-state index in [0.29, 0.717) is 22.8 Å². The van der Waals surface area contributed by atoms with Crippen LogP contribution >= 0.6 is 22.9 Å². The molecule has 0 saturated heterocycles. The van der Waals surface area contributed by atoms with Gasteiger partial charge in [-0.25, -0.2) is 18.2 Å². The highest BCUT2D eigenvalue weighted by Gasteiger charge is 2.13. The van der Waals surface area contributed by atoms with Gasteiger partial charge in [-0.2, -0.15) is 0 Å². The van der Waals surface area contributed by atoms with Crippen LogP contribution in [0.5, 0.6) is 0 Å². The fraction of sp³-hybridized carbons (Fsp3) is 0.167. The number of rotatable bonds is 4. The normalized spacial score (nSPS) is 10.6. The van der Waals surface area contributed by atoms with E-state index in [0.717, 1.165) is 0 Å². The molecule has 2 rings (SSSR count). The maximum Gasteiger partial charge on any atom is 0.231 e. The van der Waals surface area contributed by atoms with Crippen LogP contribution in [0.1, 0.15) is 10.7 Å². The van der Waals surface area contributed by atoms with E-state index in [-0.39, 0.29) is 12.3 Å². The number of nitrogens with one attached hydrogen (secondary N) is 1. The molecule has 0 aliphatic heterocycles.